The predicted molar refractivity (Wildman–Crippen MR) is 72.8 cm³/mol. The van der Waals surface area contributed by atoms with Crippen LogP contribution in [0.25, 0.3) is 0 Å². The third-order valence-electron chi connectivity index (χ3n) is 2.62. The fraction of sp³-hybridized carbons (Fsp3) is 0.462. The van der Waals surface area contributed by atoms with Crippen LogP contribution < -0.4 is 9.64 Å². The number of ether oxygens (including phenoxy) is 2. The first kappa shape index (κ1) is 16.7. The van der Waals surface area contributed by atoms with Gasteiger partial charge in [0.05, 0.1) is 12.3 Å². The van der Waals surface area contributed by atoms with Gasteiger partial charge in [-0.25, -0.2) is 0 Å². The van der Waals surface area contributed by atoms with E-state index < -0.39 is 12.5 Å². The van der Waals surface area contributed by atoms with Gasteiger partial charge in [0.2, 0.25) is 5.91 Å². The number of methoxy groups -OCH3 is 1. The smallest absolute Gasteiger partial charge is 0.387 e. The Labute approximate surface area is 121 Å². The van der Waals surface area contributed by atoms with E-state index in [1.54, 1.807) is 19.1 Å². The van der Waals surface area contributed by atoms with E-state index in [0.29, 0.717) is 5.56 Å². The average Bonchev–Trinajstić information content (AvgIpc) is 2.40. The minimum atomic E-state index is -2.97. The van der Waals surface area contributed by atoms with E-state index in [2.05, 4.69) is 4.74 Å². The van der Waals surface area contributed by atoms with Crippen molar-refractivity contribution in [1.82, 2.24) is 0 Å². The summed E-state index contributed by atoms with van der Waals surface area (Å²) >= 11 is 5.56. The van der Waals surface area contributed by atoms with Crippen molar-refractivity contribution in [2.75, 3.05) is 31.0 Å². The molecule has 0 aliphatic heterocycles. The summed E-state index contributed by atoms with van der Waals surface area (Å²) in [5.74, 6) is -0.724. The number of nitrogens with zero attached hydrogens (tertiary/aromatic N) is 1. The molecule has 20 heavy (non-hydrogen) atoms. The van der Waals surface area contributed by atoms with E-state index in [0.717, 1.165) is 0 Å². The number of halogens is 3. The summed E-state index contributed by atoms with van der Waals surface area (Å²) in [5.41, 5.74) is 0.924. The van der Waals surface area contributed by atoms with Crippen molar-refractivity contribution in [3.05, 3.63) is 23.8 Å². The molecule has 112 valence electrons. The molecule has 0 heterocycles. The Balaban J connectivity index is 3.19. The molecule has 1 aromatic rings. The fourth-order valence-electron chi connectivity index (χ4n) is 1.78. The highest BCUT2D eigenvalue weighted by Crippen LogP contribution is 2.33. The van der Waals surface area contributed by atoms with E-state index >= 15 is 0 Å². The Bertz CT molecular complexity index is 457. The highest BCUT2D eigenvalue weighted by Gasteiger charge is 2.22. The molecule has 1 aromatic carbocycles. The van der Waals surface area contributed by atoms with Crippen molar-refractivity contribution in [3.8, 4) is 5.75 Å². The van der Waals surface area contributed by atoms with Crippen molar-refractivity contribution in [2.24, 2.45) is 0 Å². The molecule has 0 saturated heterocycles. The molecule has 0 saturated carbocycles. The van der Waals surface area contributed by atoms with Crippen LogP contribution in [0, 0.1) is 6.92 Å². The standard InChI is InChI=1S/C13H16ClF2NO3/c1-9-4-3-5-10(20-13(15)16)12(9)17(6-7-19-2)11(18)8-14/h3-5,13H,6-8H2,1-2H3. The van der Waals surface area contributed by atoms with Gasteiger partial charge in [-0.05, 0) is 18.6 Å². The SMILES string of the molecule is COCCN(C(=O)CCl)c1c(C)cccc1OC(F)F. The number of benzene rings is 1. The summed E-state index contributed by atoms with van der Waals surface area (Å²) in [6.45, 7) is -0.807. The second-order valence-corrected chi connectivity index (χ2v) is 4.24. The number of alkyl halides is 3. The predicted octanol–water partition coefficient (Wildman–Crippen LogP) is 2.81. The monoisotopic (exact) mass is 307 g/mol. The fourth-order valence-corrected chi connectivity index (χ4v) is 1.93. The lowest BCUT2D eigenvalue weighted by Gasteiger charge is -2.25. The minimum Gasteiger partial charge on any atom is -0.433 e. The Morgan fingerprint density at radius 2 is 2.15 bits per heavy atom. The molecule has 0 fully saturated rings. The summed E-state index contributed by atoms with van der Waals surface area (Å²) in [7, 11) is 1.48. The van der Waals surface area contributed by atoms with Gasteiger partial charge < -0.3 is 14.4 Å². The van der Waals surface area contributed by atoms with E-state index in [-0.39, 0.29) is 30.5 Å². The van der Waals surface area contributed by atoms with E-state index in [1.807, 2.05) is 0 Å². The Morgan fingerprint density at radius 1 is 1.45 bits per heavy atom. The summed E-state index contributed by atoms with van der Waals surface area (Å²) in [6, 6.07) is 4.67. The molecule has 0 unspecified atom stereocenters. The average molecular weight is 308 g/mol. The number of aryl methyl sites for hydroxylation is 1. The largest absolute Gasteiger partial charge is 0.433 e. The quantitative estimate of drug-likeness (QED) is 0.727. The number of carbonyl (C=O) groups excluding carboxylic acids is 1. The molecule has 0 N–H and O–H groups in total. The molecule has 7 heteroatoms. The van der Waals surface area contributed by atoms with Crippen LogP contribution in [0.3, 0.4) is 0 Å². The molecule has 0 bridgehead atoms. The van der Waals surface area contributed by atoms with Crippen LogP contribution >= 0.6 is 11.6 Å². The van der Waals surface area contributed by atoms with Crippen LogP contribution in [0.2, 0.25) is 0 Å². The molecule has 1 amide bonds. The van der Waals surface area contributed by atoms with Crippen molar-refractivity contribution in [2.45, 2.75) is 13.5 Å². The Kier molecular flexibility index (Phi) is 6.67. The van der Waals surface area contributed by atoms with Gasteiger partial charge in [-0.2, -0.15) is 8.78 Å². The van der Waals surface area contributed by atoms with Crippen LogP contribution in [-0.4, -0.2) is 38.7 Å². The number of hydrogen-bond donors (Lipinski definition) is 0. The maximum Gasteiger partial charge on any atom is 0.387 e. The topological polar surface area (TPSA) is 38.8 Å². The molecule has 0 aliphatic rings. The van der Waals surface area contributed by atoms with Crippen LogP contribution in [0.4, 0.5) is 14.5 Å². The second-order valence-electron chi connectivity index (χ2n) is 3.97. The molecule has 1 rings (SSSR count). The third-order valence-corrected chi connectivity index (χ3v) is 2.85. The number of rotatable bonds is 7. The summed E-state index contributed by atoms with van der Waals surface area (Å²) in [4.78, 5) is 13.2. The maximum absolute atomic E-state index is 12.5. The lowest BCUT2D eigenvalue weighted by Crippen LogP contribution is -2.35. The van der Waals surface area contributed by atoms with Gasteiger partial charge in [-0.15, -0.1) is 11.6 Å². The number of amides is 1. The molecule has 0 aliphatic carbocycles. The van der Waals surface area contributed by atoms with E-state index in [4.69, 9.17) is 16.3 Å². The maximum atomic E-state index is 12.5. The lowest BCUT2D eigenvalue weighted by molar-refractivity contribution is -0.116. The zero-order valence-corrected chi connectivity index (χ0v) is 12.0. The molecular formula is C13H16ClF2NO3. The molecule has 0 atom stereocenters. The normalized spacial score (nSPS) is 10.7. The summed E-state index contributed by atoms with van der Waals surface area (Å²) in [6.07, 6.45) is 0. The number of para-hydroxylation sites is 1. The van der Waals surface area contributed by atoms with Crippen LogP contribution in [-0.2, 0) is 9.53 Å². The van der Waals surface area contributed by atoms with Crippen molar-refractivity contribution < 1.29 is 23.0 Å². The first-order valence-corrected chi connectivity index (χ1v) is 6.44. The van der Waals surface area contributed by atoms with Crippen molar-refractivity contribution in [1.29, 1.82) is 0 Å². The molecule has 0 aromatic heterocycles. The van der Waals surface area contributed by atoms with Crippen molar-refractivity contribution in [3.63, 3.8) is 0 Å². The van der Waals surface area contributed by atoms with Gasteiger partial charge in [-0.3, -0.25) is 4.79 Å². The van der Waals surface area contributed by atoms with E-state index in [9.17, 15) is 13.6 Å². The molecule has 0 spiro atoms. The van der Waals surface area contributed by atoms with Gasteiger partial charge >= 0.3 is 6.61 Å². The minimum absolute atomic E-state index is 0.0606. The molecular weight excluding hydrogens is 292 g/mol. The zero-order chi connectivity index (χ0) is 15.1. The summed E-state index contributed by atoms with van der Waals surface area (Å²) in [5, 5.41) is 0. The van der Waals surface area contributed by atoms with Crippen LogP contribution in [0.5, 0.6) is 5.75 Å². The van der Waals surface area contributed by atoms with Gasteiger partial charge in [0, 0.05) is 13.7 Å². The zero-order valence-electron chi connectivity index (χ0n) is 11.2. The summed E-state index contributed by atoms with van der Waals surface area (Å²) < 4.78 is 34.3. The second kappa shape index (κ2) is 8.01. The lowest BCUT2D eigenvalue weighted by atomic mass is 10.1. The highest BCUT2D eigenvalue weighted by atomic mass is 35.5. The number of anilines is 1. The Morgan fingerprint density at radius 3 is 2.70 bits per heavy atom. The molecule has 4 nitrogen and oxygen atoms in total. The third kappa shape index (κ3) is 4.31. The number of hydrogen-bond acceptors (Lipinski definition) is 3. The number of carbonyl (C=O) groups is 1. The van der Waals surface area contributed by atoms with Gasteiger partial charge in [0.15, 0.2) is 0 Å². The van der Waals surface area contributed by atoms with Gasteiger partial charge in [-0.1, -0.05) is 12.1 Å². The first-order valence-electron chi connectivity index (χ1n) is 5.91. The Hall–Kier alpha value is -1.40. The highest BCUT2D eigenvalue weighted by molar-refractivity contribution is 6.29. The van der Waals surface area contributed by atoms with Gasteiger partial charge in [0.1, 0.15) is 11.6 Å². The van der Waals surface area contributed by atoms with Gasteiger partial charge in [0.25, 0.3) is 0 Å². The molecule has 0 radical (unpaired) electrons. The first-order chi connectivity index (χ1) is 9.51. The van der Waals surface area contributed by atoms with Crippen molar-refractivity contribution >= 4 is 23.2 Å². The van der Waals surface area contributed by atoms with Crippen LogP contribution in [0.15, 0.2) is 18.2 Å². The van der Waals surface area contributed by atoms with E-state index in [1.165, 1.54) is 18.1 Å². The van der Waals surface area contributed by atoms with Crippen LogP contribution in [0.1, 0.15) is 5.56 Å².